The molecule has 1 atom stereocenters. The van der Waals surface area contributed by atoms with Crippen LogP contribution in [-0.4, -0.2) is 50.5 Å². The Morgan fingerprint density at radius 2 is 1.69 bits per heavy atom. The highest BCUT2D eigenvalue weighted by Crippen LogP contribution is 2.28. The molecule has 0 aliphatic heterocycles. The number of benzene rings is 3. The van der Waals surface area contributed by atoms with Crippen molar-refractivity contribution in [2.24, 2.45) is 0 Å². The summed E-state index contributed by atoms with van der Waals surface area (Å²) in [6.07, 6.45) is 1.86. The lowest BCUT2D eigenvalue weighted by Gasteiger charge is -2.32. The normalized spacial score (nSPS) is 12.2. The van der Waals surface area contributed by atoms with Crippen LogP contribution in [0, 0.1) is 6.92 Å². The third-order valence-corrected chi connectivity index (χ3v) is 6.99. The van der Waals surface area contributed by atoms with Crippen molar-refractivity contribution >= 4 is 38.3 Å². The molecule has 35 heavy (non-hydrogen) atoms. The second-order valence-corrected chi connectivity index (χ2v) is 10.7. The molecule has 1 N–H and O–H groups in total. The molecule has 0 heterocycles. The van der Waals surface area contributed by atoms with Crippen molar-refractivity contribution in [1.82, 2.24) is 10.2 Å². The highest BCUT2D eigenvalue weighted by molar-refractivity contribution is 7.92. The third kappa shape index (κ3) is 6.60. The standard InChI is InChI=1S/C27H33N3O4S/c1-5-16-28-27(32)21(3)29(18-22-11-8-10-20(2)17-22)26(31)19-30(35(4,33)34)25-15-9-13-23-12-6-7-14-24(23)25/h6-15,17,21H,5,16,18-19H2,1-4H3,(H,28,32). The second kappa shape index (κ2) is 11.4. The van der Waals surface area contributed by atoms with Crippen molar-refractivity contribution < 1.29 is 18.0 Å². The van der Waals surface area contributed by atoms with Gasteiger partial charge in [0.15, 0.2) is 0 Å². The lowest BCUT2D eigenvalue weighted by atomic mass is 10.1. The fourth-order valence-electron chi connectivity index (χ4n) is 4.01. The van der Waals surface area contributed by atoms with Crippen LogP contribution in [0.25, 0.3) is 10.8 Å². The molecule has 0 spiro atoms. The molecule has 0 aliphatic rings. The van der Waals surface area contributed by atoms with Crippen molar-refractivity contribution in [3.63, 3.8) is 0 Å². The molecule has 2 amide bonds. The zero-order valence-electron chi connectivity index (χ0n) is 20.7. The minimum absolute atomic E-state index is 0.189. The van der Waals surface area contributed by atoms with Crippen LogP contribution in [0.5, 0.6) is 0 Å². The number of rotatable bonds is 10. The van der Waals surface area contributed by atoms with Gasteiger partial charge in [-0.1, -0.05) is 73.2 Å². The lowest BCUT2D eigenvalue weighted by Crippen LogP contribution is -2.51. The Morgan fingerprint density at radius 3 is 2.37 bits per heavy atom. The maximum atomic E-state index is 13.7. The van der Waals surface area contributed by atoms with E-state index in [-0.39, 0.29) is 12.5 Å². The molecular weight excluding hydrogens is 462 g/mol. The number of fused-ring (bicyclic) bond motifs is 1. The number of nitrogens with one attached hydrogen (secondary N) is 1. The van der Waals surface area contributed by atoms with Gasteiger partial charge in [-0.15, -0.1) is 0 Å². The van der Waals surface area contributed by atoms with Gasteiger partial charge in [0.05, 0.1) is 11.9 Å². The van der Waals surface area contributed by atoms with Gasteiger partial charge in [-0.05, 0) is 37.3 Å². The monoisotopic (exact) mass is 495 g/mol. The Balaban J connectivity index is 1.98. The van der Waals surface area contributed by atoms with Crippen molar-refractivity contribution in [3.05, 3.63) is 77.9 Å². The number of aryl methyl sites for hydroxylation is 1. The molecule has 1 unspecified atom stereocenters. The summed E-state index contributed by atoms with van der Waals surface area (Å²) < 4.78 is 26.8. The Bertz CT molecular complexity index is 1300. The lowest BCUT2D eigenvalue weighted by molar-refractivity contribution is -0.139. The van der Waals surface area contributed by atoms with E-state index in [0.717, 1.165) is 38.9 Å². The zero-order valence-corrected chi connectivity index (χ0v) is 21.5. The van der Waals surface area contributed by atoms with Gasteiger partial charge >= 0.3 is 0 Å². The first-order chi connectivity index (χ1) is 16.6. The molecule has 0 radical (unpaired) electrons. The first kappa shape index (κ1) is 26.2. The highest BCUT2D eigenvalue weighted by atomic mass is 32.2. The number of hydrogen-bond donors (Lipinski definition) is 1. The van der Waals surface area contributed by atoms with Crippen LogP contribution in [0.4, 0.5) is 5.69 Å². The summed E-state index contributed by atoms with van der Waals surface area (Å²) in [7, 11) is -3.79. The fraction of sp³-hybridized carbons (Fsp3) is 0.333. The fourth-order valence-corrected chi connectivity index (χ4v) is 4.87. The average Bonchev–Trinajstić information content (AvgIpc) is 2.83. The molecule has 0 saturated carbocycles. The van der Waals surface area contributed by atoms with Crippen LogP contribution >= 0.6 is 0 Å². The molecule has 0 aromatic heterocycles. The van der Waals surface area contributed by atoms with E-state index in [1.165, 1.54) is 4.90 Å². The van der Waals surface area contributed by atoms with Gasteiger partial charge in [-0.2, -0.15) is 0 Å². The van der Waals surface area contributed by atoms with Crippen molar-refractivity contribution in [2.75, 3.05) is 23.7 Å². The quantitative estimate of drug-likeness (QED) is 0.463. The van der Waals surface area contributed by atoms with Crippen LogP contribution < -0.4 is 9.62 Å². The summed E-state index contributed by atoms with van der Waals surface area (Å²) >= 11 is 0. The Kier molecular flexibility index (Phi) is 8.51. The predicted molar refractivity (Wildman–Crippen MR) is 141 cm³/mol. The van der Waals surface area contributed by atoms with Crippen LogP contribution in [0.1, 0.15) is 31.4 Å². The molecule has 0 aliphatic carbocycles. The van der Waals surface area contributed by atoms with Crippen molar-refractivity contribution in [2.45, 2.75) is 39.8 Å². The summed E-state index contributed by atoms with van der Waals surface area (Å²) in [6, 6.07) is 19.7. The number of anilines is 1. The molecule has 3 aromatic rings. The van der Waals surface area contributed by atoms with Crippen LogP contribution in [0.3, 0.4) is 0 Å². The minimum Gasteiger partial charge on any atom is -0.354 e. The first-order valence-electron chi connectivity index (χ1n) is 11.7. The van der Waals surface area contributed by atoms with E-state index < -0.39 is 28.5 Å². The van der Waals surface area contributed by atoms with Crippen molar-refractivity contribution in [3.8, 4) is 0 Å². The summed E-state index contributed by atoms with van der Waals surface area (Å²) in [5.74, 6) is -0.729. The Hall–Kier alpha value is -3.39. The van der Waals surface area contributed by atoms with Gasteiger partial charge < -0.3 is 10.2 Å². The van der Waals surface area contributed by atoms with E-state index in [4.69, 9.17) is 0 Å². The largest absolute Gasteiger partial charge is 0.354 e. The molecule has 0 bridgehead atoms. The zero-order chi connectivity index (χ0) is 25.6. The molecule has 0 fully saturated rings. The summed E-state index contributed by atoms with van der Waals surface area (Å²) in [5, 5.41) is 4.44. The van der Waals surface area contributed by atoms with Gasteiger partial charge in [0, 0.05) is 18.5 Å². The van der Waals surface area contributed by atoms with Gasteiger partial charge in [0.1, 0.15) is 12.6 Å². The van der Waals surface area contributed by atoms with Crippen LogP contribution in [0.15, 0.2) is 66.7 Å². The summed E-state index contributed by atoms with van der Waals surface area (Å²) in [5.41, 5.74) is 2.33. The van der Waals surface area contributed by atoms with Crippen molar-refractivity contribution in [1.29, 1.82) is 0 Å². The number of sulfonamides is 1. The Labute approximate surface area is 207 Å². The van der Waals surface area contributed by atoms with E-state index in [2.05, 4.69) is 5.32 Å². The van der Waals surface area contributed by atoms with Gasteiger partial charge in [0.25, 0.3) is 0 Å². The van der Waals surface area contributed by atoms with E-state index in [1.54, 1.807) is 19.1 Å². The number of nitrogens with zero attached hydrogens (tertiary/aromatic N) is 2. The summed E-state index contributed by atoms with van der Waals surface area (Å²) in [6.45, 7) is 5.86. The topological polar surface area (TPSA) is 86.8 Å². The average molecular weight is 496 g/mol. The van der Waals surface area contributed by atoms with E-state index in [9.17, 15) is 18.0 Å². The van der Waals surface area contributed by atoms with Crippen LogP contribution in [0.2, 0.25) is 0 Å². The number of carbonyl (C=O) groups is 2. The number of carbonyl (C=O) groups excluding carboxylic acids is 2. The number of amides is 2. The highest BCUT2D eigenvalue weighted by Gasteiger charge is 2.30. The predicted octanol–water partition coefficient (Wildman–Crippen LogP) is 3.86. The maximum absolute atomic E-state index is 13.7. The molecule has 8 heteroatoms. The van der Waals surface area contributed by atoms with E-state index in [0.29, 0.717) is 12.2 Å². The van der Waals surface area contributed by atoms with E-state index >= 15 is 0 Å². The molecule has 3 rings (SSSR count). The molecule has 0 saturated heterocycles. The third-order valence-electron chi connectivity index (χ3n) is 5.87. The second-order valence-electron chi connectivity index (χ2n) is 8.75. The molecular formula is C27H33N3O4S. The van der Waals surface area contributed by atoms with E-state index in [1.807, 2.05) is 68.4 Å². The van der Waals surface area contributed by atoms with Gasteiger partial charge in [-0.3, -0.25) is 13.9 Å². The van der Waals surface area contributed by atoms with Gasteiger partial charge in [0.2, 0.25) is 21.8 Å². The molecule has 7 nitrogen and oxygen atoms in total. The summed E-state index contributed by atoms with van der Waals surface area (Å²) in [4.78, 5) is 27.9. The SMILES string of the molecule is CCCNC(=O)C(C)N(Cc1cccc(C)c1)C(=O)CN(c1cccc2ccccc12)S(C)(=O)=O. The first-order valence-corrected chi connectivity index (χ1v) is 13.5. The van der Waals surface area contributed by atoms with Crippen LogP contribution in [-0.2, 0) is 26.2 Å². The molecule has 186 valence electrons. The smallest absolute Gasteiger partial charge is 0.244 e. The Morgan fingerprint density at radius 1 is 1.00 bits per heavy atom. The number of hydrogen-bond acceptors (Lipinski definition) is 4. The minimum atomic E-state index is -3.79. The maximum Gasteiger partial charge on any atom is 0.244 e. The molecule has 3 aromatic carbocycles. The van der Waals surface area contributed by atoms with Gasteiger partial charge in [-0.25, -0.2) is 8.42 Å².